The van der Waals surface area contributed by atoms with Crippen molar-refractivity contribution in [3.63, 3.8) is 0 Å². The van der Waals surface area contributed by atoms with Crippen LogP contribution < -0.4 is 4.90 Å². The van der Waals surface area contributed by atoms with Crippen molar-refractivity contribution in [3.8, 4) is 0 Å². The molecule has 1 fully saturated rings. The van der Waals surface area contributed by atoms with Gasteiger partial charge in [-0.05, 0) is 43.0 Å². The molecule has 0 aliphatic carbocycles. The maximum Gasteiger partial charge on any atom is 0.335 e. The molecule has 1 heterocycles. The number of carbonyl (C=O) groups is 1. The summed E-state index contributed by atoms with van der Waals surface area (Å²) < 4.78 is 0. The highest BCUT2D eigenvalue weighted by atomic mass is 16.4. The van der Waals surface area contributed by atoms with Gasteiger partial charge in [-0.3, -0.25) is 0 Å². The van der Waals surface area contributed by atoms with E-state index in [4.69, 9.17) is 5.11 Å². The lowest BCUT2D eigenvalue weighted by Crippen LogP contribution is -2.33. The summed E-state index contributed by atoms with van der Waals surface area (Å²) >= 11 is 0. The lowest BCUT2D eigenvalue weighted by atomic mass is 9.90. The Bertz CT molecular complexity index is 489. The molecule has 0 atom stereocenters. The number of aromatic carboxylic acids is 1. The van der Waals surface area contributed by atoms with Gasteiger partial charge < -0.3 is 10.0 Å². The van der Waals surface area contributed by atoms with Crippen LogP contribution in [-0.4, -0.2) is 24.2 Å². The number of benzene rings is 1. The van der Waals surface area contributed by atoms with Crippen molar-refractivity contribution in [1.82, 2.24) is 0 Å². The number of piperidine rings is 1. The molecule has 1 aliphatic heterocycles. The van der Waals surface area contributed by atoms with Gasteiger partial charge in [-0.2, -0.15) is 0 Å². The van der Waals surface area contributed by atoms with Crippen molar-refractivity contribution in [2.45, 2.75) is 77.6 Å². The van der Waals surface area contributed by atoms with Crippen LogP contribution >= 0.6 is 0 Å². The monoisotopic (exact) mass is 345 g/mol. The Morgan fingerprint density at radius 3 is 2.08 bits per heavy atom. The van der Waals surface area contributed by atoms with E-state index in [2.05, 4.69) is 11.8 Å². The minimum atomic E-state index is -0.851. The number of anilines is 1. The van der Waals surface area contributed by atoms with Crippen molar-refractivity contribution in [2.24, 2.45) is 5.92 Å². The molecule has 3 heteroatoms. The number of nitrogens with zero attached hydrogens (tertiary/aromatic N) is 1. The van der Waals surface area contributed by atoms with Gasteiger partial charge in [0.15, 0.2) is 0 Å². The smallest absolute Gasteiger partial charge is 0.335 e. The van der Waals surface area contributed by atoms with Gasteiger partial charge in [0.2, 0.25) is 0 Å². The summed E-state index contributed by atoms with van der Waals surface area (Å²) in [6.07, 6.45) is 15.2. The molecule has 1 saturated heterocycles. The van der Waals surface area contributed by atoms with E-state index in [0.717, 1.165) is 24.7 Å². The predicted octanol–water partition coefficient (Wildman–Crippen LogP) is 6.13. The predicted molar refractivity (Wildman–Crippen MR) is 106 cm³/mol. The Kier molecular flexibility index (Phi) is 8.85. The van der Waals surface area contributed by atoms with Crippen molar-refractivity contribution >= 4 is 11.7 Å². The minimum Gasteiger partial charge on any atom is -0.478 e. The van der Waals surface area contributed by atoms with E-state index in [9.17, 15) is 4.79 Å². The number of unbranched alkanes of at least 4 members (excludes halogenated alkanes) is 7. The quantitative estimate of drug-likeness (QED) is 0.490. The van der Waals surface area contributed by atoms with Crippen LogP contribution in [0.15, 0.2) is 24.3 Å². The van der Waals surface area contributed by atoms with E-state index in [0.29, 0.717) is 5.56 Å². The average Bonchev–Trinajstić information content (AvgIpc) is 2.64. The largest absolute Gasteiger partial charge is 0.478 e. The standard InChI is InChI=1S/C22H35NO2/c1-2-3-4-5-6-7-8-9-10-19-15-17-23(18-16-19)21-13-11-20(12-14-21)22(24)25/h11-14,19H,2-10,15-18H2,1H3,(H,24,25). The van der Waals surface area contributed by atoms with E-state index in [1.807, 2.05) is 12.1 Å². The van der Waals surface area contributed by atoms with Crippen LogP contribution in [0.3, 0.4) is 0 Å². The Labute approximate surface area is 153 Å². The van der Waals surface area contributed by atoms with Crippen LogP contribution in [-0.2, 0) is 0 Å². The second kappa shape index (κ2) is 11.2. The molecule has 1 aromatic rings. The zero-order valence-corrected chi connectivity index (χ0v) is 15.9. The molecule has 1 N–H and O–H groups in total. The van der Waals surface area contributed by atoms with E-state index in [-0.39, 0.29) is 0 Å². The van der Waals surface area contributed by atoms with Crippen molar-refractivity contribution < 1.29 is 9.90 Å². The first-order valence-electron chi connectivity index (χ1n) is 10.3. The average molecular weight is 346 g/mol. The van der Waals surface area contributed by atoms with Crippen molar-refractivity contribution in [2.75, 3.05) is 18.0 Å². The first kappa shape index (κ1) is 19.8. The molecule has 1 aliphatic rings. The molecule has 0 spiro atoms. The Balaban J connectivity index is 1.57. The van der Waals surface area contributed by atoms with Gasteiger partial charge >= 0.3 is 5.97 Å². The highest BCUT2D eigenvalue weighted by molar-refractivity contribution is 5.88. The molecule has 0 unspecified atom stereocenters. The number of rotatable bonds is 11. The van der Waals surface area contributed by atoms with Gasteiger partial charge in [0.05, 0.1) is 5.56 Å². The SMILES string of the molecule is CCCCCCCCCCC1CCN(c2ccc(C(=O)O)cc2)CC1. The van der Waals surface area contributed by atoms with Crippen LogP contribution in [0.1, 0.15) is 87.9 Å². The van der Waals surface area contributed by atoms with Gasteiger partial charge in [0, 0.05) is 18.8 Å². The molecule has 2 rings (SSSR count). The van der Waals surface area contributed by atoms with Crippen LogP contribution in [0.25, 0.3) is 0 Å². The second-order valence-electron chi connectivity index (χ2n) is 7.55. The van der Waals surface area contributed by atoms with Gasteiger partial charge in [-0.15, -0.1) is 0 Å². The summed E-state index contributed by atoms with van der Waals surface area (Å²) in [4.78, 5) is 13.3. The van der Waals surface area contributed by atoms with Crippen LogP contribution in [0, 0.1) is 5.92 Å². The summed E-state index contributed by atoms with van der Waals surface area (Å²) in [5.74, 6) is 0.0326. The molecule has 1 aromatic carbocycles. The maximum absolute atomic E-state index is 10.9. The van der Waals surface area contributed by atoms with E-state index < -0.39 is 5.97 Å². The molecule has 0 saturated carbocycles. The first-order valence-corrected chi connectivity index (χ1v) is 10.3. The van der Waals surface area contributed by atoms with Gasteiger partial charge in [-0.25, -0.2) is 4.79 Å². The minimum absolute atomic E-state index is 0.369. The Morgan fingerprint density at radius 2 is 1.52 bits per heavy atom. The van der Waals surface area contributed by atoms with Gasteiger partial charge in [0.1, 0.15) is 0 Å². The summed E-state index contributed by atoms with van der Waals surface area (Å²) in [5.41, 5.74) is 1.53. The molecule has 140 valence electrons. The Hall–Kier alpha value is -1.51. The normalized spacial score (nSPS) is 15.5. The summed E-state index contributed by atoms with van der Waals surface area (Å²) in [7, 11) is 0. The summed E-state index contributed by atoms with van der Waals surface area (Å²) in [5, 5.41) is 8.98. The van der Waals surface area contributed by atoms with Crippen LogP contribution in [0.5, 0.6) is 0 Å². The molecule has 0 aromatic heterocycles. The fraction of sp³-hybridized carbons (Fsp3) is 0.682. The molecule has 0 bridgehead atoms. The molecule has 25 heavy (non-hydrogen) atoms. The van der Waals surface area contributed by atoms with Crippen molar-refractivity contribution in [3.05, 3.63) is 29.8 Å². The maximum atomic E-state index is 10.9. The second-order valence-corrected chi connectivity index (χ2v) is 7.55. The lowest BCUT2D eigenvalue weighted by molar-refractivity contribution is 0.0697. The number of hydrogen-bond acceptors (Lipinski definition) is 2. The number of carboxylic acids is 1. The van der Waals surface area contributed by atoms with E-state index >= 15 is 0 Å². The highest BCUT2D eigenvalue weighted by Crippen LogP contribution is 2.27. The third kappa shape index (κ3) is 7.09. The number of hydrogen-bond donors (Lipinski definition) is 1. The van der Waals surface area contributed by atoms with Crippen molar-refractivity contribution in [1.29, 1.82) is 0 Å². The van der Waals surface area contributed by atoms with Crippen LogP contribution in [0.4, 0.5) is 5.69 Å². The lowest BCUT2D eigenvalue weighted by Gasteiger charge is -2.33. The summed E-state index contributed by atoms with van der Waals surface area (Å²) in [6.45, 7) is 4.48. The number of carboxylic acid groups (broad SMARTS) is 1. The fourth-order valence-electron chi connectivity index (χ4n) is 3.86. The topological polar surface area (TPSA) is 40.5 Å². The third-order valence-corrected chi connectivity index (χ3v) is 5.56. The summed E-state index contributed by atoms with van der Waals surface area (Å²) in [6, 6.07) is 7.32. The third-order valence-electron chi connectivity index (χ3n) is 5.56. The molecule has 0 radical (unpaired) electrons. The Morgan fingerprint density at radius 1 is 0.960 bits per heavy atom. The van der Waals surface area contributed by atoms with Gasteiger partial charge in [-0.1, -0.05) is 64.7 Å². The van der Waals surface area contributed by atoms with E-state index in [1.165, 1.54) is 70.6 Å². The first-order chi connectivity index (χ1) is 12.2. The van der Waals surface area contributed by atoms with E-state index in [1.54, 1.807) is 12.1 Å². The van der Waals surface area contributed by atoms with Crippen LogP contribution in [0.2, 0.25) is 0 Å². The molecular weight excluding hydrogens is 310 g/mol. The van der Waals surface area contributed by atoms with Gasteiger partial charge in [0.25, 0.3) is 0 Å². The zero-order valence-electron chi connectivity index (χ0n) is 15.9. The zero-order chi connectivity index (χ0) is 17.9. The molecule has 0 amide bonds. The highest BCUT2D eigenvalue weighted by Gasteiger charge is 2.19. The molecular formula is C22H35NO2. The molecule has 3 nitrogen and oxygen atoms in total. The fourth-order valence-corrected chi connectivity index (χ4v) is 3.86.